The van der Waals surface area contributed by atoms with Crippen LogP contribution in [-0.4, -0.2) is 93.6 Å². The molecule has 2 bridgehead atoms. The van der Waals surface area contributed by atoms with Crippen LogP contribution in [0.5, 0.6) is 0 Å². The van der Waals surface area contributed by atoms with Gasteiger partial charge in [0.05, 0.1) is 30.1 Å². The highest BCUT2D eigenvalue weighted by atomic mass is 16.5. The minimum atomic E-state index is -1.09. The van der Waals surface area contributed by atoms with E-state index in [2.05, 4.69) is 13.2 Å². The number of ether oxygens (including phenoxy) is 1. The van der Waals surface area contributed by atoms with E-state index in [9.17, 15) is 19.5 Å². The molecular weight excluding hydrogens is 482 g/mol. The number of carbonyl (C=O) groups is 3. The van der Waals surface area contributed by atoms with Gasteiger partial charge in [-0.3, -0.25) is 14.4 Å². The number of likely N-dealkylation sites (N-methyl/N-ethyl adjacent to an activating group) is 1. The summed E-state index contributed by atoms with van der Waals surface area (Å²) in [5.41, 5.74) is -1.91. The second-order valence-corrected chi connectivity index (χ2v) is 12.5. The molecule has 0 aromatic carbocycles. The Labute approximate surface area is 228 Å². The van der Waals surface area contributed by atoms with E-state index in [1.165, 1.54) is 0 Å². The highest BCUT2D eigenvalue weighted by Crippen LogP contribution is 2.64. The Morgan fingerprint density at radius 3 is 2.37 bits per heavy atom. The average Bonchev–Trinajstić information content (AvgIpc) is 3.46. The first-order valence-corrected chi connectivity index (χ1v) is 14.5. The average molecular weight is 530 g/mol. The number of likely N-dealkylation sites (tertiary alicyclic amines) is 1. The molecule has 3 amide bonds. The van der Waals surface area contributed by atoms with Gasteiger partial charge >= 0.3 is 0 Å². The van der Waals surface area contributed by atoms with Crippen LogP contribution in [0.25, 0.3) is 0 Å². The maximum absolute atomic E-state index is 14.7. The Kier molecular flexibility index (Phi) is 8.43. The fourth-order valence-electron chi connectivity index (χ4n) is 7.86. The lowest BCUT2D eigenvalue weighted by molar-refractivity contribution is -0.158. The van der Waals surface area contributed by atoms with Crippen LogP contribution in [0, 0.1) is 17.8 Å². The summed E-state index contributed by atoms with van der Waals surface area (Å²) in [7, 11) is 1.72. The number of nitrogens with zero attached hydrogens (tertiary/aromatic N) is 3. The van der Waals surface area contributed by atoms with Crippen molar-refractivity contribution < 1.29 is 24.2 Å². The minimum absolute atomic E-state index is 0.0877. The van der Waals surface area contributed by atoms with Gasteiger partial charge in [-0.2, -0.15) is 0 Å². The highest BCUT2D eigenvalue weighted by Gasteiger charge is 2.78. The standard InChI is InChI=1S/C30H47N3O5/c1-7-16-31(6)26(35)23-24-27(36)33(22(19-34)18-20(3)4)25(30(24)15-14-29(23,5)38-30)28(37)32(17-8-2)21-12-10-9-11-13-21/h7-8,20-25,34H,1-2,9-19H2,3-6H3/t22-,23+,24+,25?,29-,30?/m1/s1. The van der Waals surface area contributed by atoms with Crippen molar-refractivity contribution in [3.8, 4) is 0 Å². The number of carbonyl (C=O) groups excluding carboxylic acids is 3. The summed E-state index contributed by atoms with van der Waals surface area (Å²) in [6.45, 7) is 14.2. The normalized spacial score (nSPS) is 33.4. The summed E-state index contributed by atoms with van der Waals surface area (Å²) < 4.78 is 6.79. The molecule has 3 saturated heterocycles. The zero-order chi connectivity index (χ0) is 27.8. The molecule has 3 heterocycles. The molecule has 1 saturated carbocycles. The third kappa shape index (κ3) is 4.61. The van der Waals surface area contributed by atoms with Gasteiger partial charge in [-0.15, -0.1) is 13.2 Å². The summed E-state index contributed by atoms with van der Waals surface area (Å²) in [4.78, 5) is 48.0. The first-order valence-electron chi connectivity index (χ1n) is 14.5. The van der Waals surface area contributed by atoms with Gasteiger partial charge in [0.15, 0.2) is 0 Å². The van der Waals surface area contributed by atoms with Gasteiger partial charge in [0.25, 0.3) is 0 Å². The van der Waals surface area contributed by atoms with E-state index < -0.39 is 35.1 Å². The third-order valence-corrected chi connectivity index (χ3v) is 9.47. The lowest BCUT2D eigenvalue weighted by Crippen LogP contribution is -2.60. The van der Waals surface area contributed by atoms with Crippen molar-refractivity contribution >= 4 is 17.7 Å². The lowest BCUT2D eigenvalue weighted by atomic mass is 9.66. The van der Waals surface area contributed by atoms with Crippen molar-refractivity contribution in [3.63, 3.8) is 0 Å². The zero-order valence-electron chi connectivity index (χ0n) is 23.7. The van der Waals surface area contributed by atoms with Crippen LogP contribution in [-0.2, 0) is 19.1 Å². The van der Waals surface area contributed by atoms with E-state index in [1.807, 2.05) is 25.7 Å². The fraction of sp³-hybridized carbons (Fsp3) is 0.767. The molecule has 1 N–H and O–H groups in total. The van der Waals surface area contributed by atoms with E-state index >= 15 is 0 Å². The van der Waals surface area contributed by atoms with Crippen molar-refractivity contribution in [2.45, 2.75) is 101 Å². The van der Waals surface area contributed by atoms with Gasteiger partial charge < -0.3 is 24.5 Å². The number of amides is 3. The van der Waals surface area contributed by atoms with Crippen LogP contribution in [0.3, 0.4) is 0 Å². The largest absolute Gasteiger partial charge is 0.394 e. The van der Waals surface area contributed by atoms with Crippen LogP contribution in [0.2, 0.25) is 0 Å². The van der Waals surface area contributed by atoms with Crippen molar-refractivity contribution in [1.82, 2.24) is 14.7 Å². The van der Waals surface area contributed by atoms with E-state index in [1.54, 1.807) is 29.0 Å². The monoisotopic (exact) mass is 529 g/mol. The quantitative estimate of drug-likeness (QED) is 0.416. The number of hydrogen-bond acceptors (Lipinski definition) is 5. The first-order chi connectivity index (χ1) is 18.1. The fourth-order valence-corrected chi connectivity index (χ4v) is 7.86. The van der Waals surface area contributed by atoms with Crippen molar-refractivity contribution in [3.05, 3.63) is 25.3 Å². The van der Waals surface area contributed by atoms with Gasteiger partial charge in [-0.25, -0.2) is 0 Å². The van der Waals surface area contributed by atoms with E-state index in [0.29, 0.717) is 32.4 Å². The van der Waals surface area contributed by atoms with Crippen molar-refractivity contribution in [2.75, 3.05) is 26.7 Å². The van der Waals surface area contributed by atoms with Crippen LogP contribution in [0.1, 0.15) is 72.1 Å². The number of rotatable bonds is 11. The molecule has 212 valence electrons. The molecule has 3 aliphatic heterocycles. The second-order valence-electron chi connectivity index (χ2n) is 12.5. The molecular formula is C30H47N3O5. The van der Waals surface area contributed by atoms with Crippen LogP contribution >= 0.6 is 0 Å². The summed E-state index contributed by atoms with van der Waals surface area (Å²) >= 11 is 0. The van der Waals surface area contributed by atoms with Crippen molar-refractivity contribution in [2.24, 2.45) is 17.8 Å². The summed E-state index contributed by atoms with van der Waals surface area (Å²) in [6, 6.07) is -1.31. The predicted octanol–water partition coefficient (Wildman–Crippen LogP) is 3.15. The first kappa shape index (κ1) is 28.8. The molecule has 4 rings (SSSR count). The Morgan fingerprint density at radius 1 is 1.13 bits per heavy atom. The SMILES string of the molecule is C=CCN(C)C(=O)[C@@H]1[C@H]2C(=O)N([C@@H](CO)CC(C)C)C(C(=O)N(CC=C)C3CCCCC3)C23CC[C@@]1(C)O3. The molecule has 6 atom stereocenters. The van der Waals surface area contributed by atoms with Crippen LogP contribution in [0.15, 0.2) is 25.3 Å². The summed E-state index contributed by atoms with van der Waals surface area (Å²) in [5.74, 6) is -1.75. The Balaban J connectivity index is 1.81. The van der Waals surface area contributed by atoms with E-state index in [4.69, 9.17) is 4.74 Å². The third-order valence-electron chi connectivity index (χ3n) is 9.47. The van der Waals surface area contributed by atoms with Gasteiger partial charge in [0, 0.05) is 26.2 Å². The zero-order valence-corrected chi connectivity index (χ0v) is 23.7. The number of aliphatic hydroxyl groups excluding tert-OH is 1. The van der Waals surface area contributed by atoms with E-state index in [-0.39, 0.29) is 36.3 Å². The van der Waals surface area contributed by atoms with Gasteiger partial charge in [0.2, 0.25) is 17.7 Å². The van der Waals surface area contributed by atoms with E-state index in [0.717, 1.165) is 32.1 Å². The maximum atomic E-state index is 14.7. The Hall–Kier alpha value is -2.19. The molecule has 1 spiro atoms. The van der Waals surface area contributed by atoms with Gasteiger partial charge in [-0.05, 0) is 44.9 Å². The van der Waals surface area contributed by atoms with Gasteiger partial charge in [0.1, 0.15) is 11.6 Å². The van der Waals surface area contributed by atoms with Crippen molar-refractivity contribution in [1.29, 1.82) is 0 Å². The molecule has 4 aliphatic rings. The molecule has 1 aliphatic carbocycles. The summed E-state index contributed by atoms with van der Waals surface area (Å²) in [5, 5.41) is 10.5. The Bertz CT molecular complexity index is 946. The number of hydrogen-bond donors (Lipinski definition) is 1. The van der Waals surface area contributed by atoms with Crippen LogP contribution < -0.4 is 0 Å². The highest BCUT2D eigenvalue weighted by molar-refractivity contribution is 5.99. The number of fused-ring (bicyclic) bond motifs is 1. The molecule has 2 unspecified atom stereocenters. The minimum Gasteiger partial charge on any atom is -0.394 e. The molecule has 0 aromatic heterocycles. The Morgan fingerprint density at radius 2 is 1.79 bits per heavy atom. The molecule has 8 heteroatoms. The molecule has 8 nitrogen and oxygen atoms in total. The number of aliphatic hydroxyl groups is 1. The topological polar surface area (TPSA) is 90.4 Å². The maximum Gasteiger partial charge on any atom is 0.248 e. The lowest BCUT2D eigenvalue weighted by Gasteiger charge is -2.42. The summed E-state index contributed by atoms with van der Waals surface area (Å²) in [6.07, 6.45) is 10.3. The molecule has 0 radical (unpaired) electrons. The van der Waals surface area contributed by atoms with Crippen LogP contribution in [0.4, 0.5) is 0 Å². The molecule has 0 aromatic rings. The predicted molar refractivity (Wildman–Crippen MR) is 146 cm³/mol. The molecule has 4 fully saturated rings. The smallest absolute Gasteiger partial charge is 0.248 e. The molecule has 38 heavy (non-hydrogen) atoms. The second kappa shape index (κ2) is 11.1. The van der Waals surface area contributed by atoms with Gasteiger partial charge in [-0.1, -0.05) is 45.3 Å².